The van der Waals surface area contributed by atoms with Crippen molar-refractivity contribution in [1.29, 1.82) is 0 Å². The molecule has 130 valence electrons. The Morgan fingerprint density at radius 3 is 2.71 bits per heavy atom. The van der Waals surface area contributed by atoms with Crippen LogP contribution in [0.15, 0.2) is 41.1 Å². The lowest BCUT2D eigenvalue weighted by atomic mass is 10.2. The van der Waals surface area contributed by atoms with E-state index in [0.717, 1.165) is 6.07 Å². The predicted molar refractivity (Wildman–Crippen MR) is 76.4 cm³/mol. The number of alkyl halides is 3. The zero-order valence-electron chi connectivity index (χ0n) is 12.7. The lowest BCUT2D eigenvalue weighted by Crippen LogP contribution is -2.37. The fraction of sp³-hybridized carbons (Fsp3) is 0.333. The van der Waals surface area contributed by atoms with Gasteiger partial charge in [-0.15, -0.1) is 0 Å². The highest BCUT2D eigenvalue weighted by Gasteiger charge is 2.34. The van der Waals surface area contributed by atoms with Crippen molar-refractivity contribution in [3.63, 3.8) is 0 Å². The molecule has 1 aromatic heterocycles. The van der Waals surface area contributed by atoms with E-state index in [-0.39, 0.29) is 18.0 Å². The highest BCUT2D eigenvalue weighted by Crippen LogP contribution is 2.35. The van der Waals surface area contributed by atoms with Gasteiger partial charge in [0.1, 0.15) is 24.7 Å². The Hall–Kier alpha value is -2.55. The molecule has 1 unspecified atom stereocenters. The average molecular weight is 344 g/mol. The molecule has 6 nitrogen and oxygen atoms in total. The van der Waals surface area contributed by atoms with Crippen LogP contribution in [0.5, 0.6) is 5.75 Å². The molecule has 0 radical (unpaired) electrons. The summed E-state index contributed by atoms with van der Waals surface area (Å²) in [7, 11) is 1.42. The first-order chi connectivity index (χ1) is 11.3. The number of carbonyl (C=O) groups is 1. The van der Waals surface area contributed by atoms with Crippen molar-refractivity contribution in [2.45, 2.75) is 12.3 Å². The molecule has 1 heterocycles. The number of aromatic nitrogens is 1. The first-order valence-corrected chi connectivity index (χ1v) is 6.92. The Balaban J connectivity index is 1.92. The second kappa shape index (κ2) is 7.35. The van der Waals surface area contributed by atoms with Crippen molar-refractivity contribution in [1.82, 2.24) is 10.1 Å². The lowest BCUT2D eigenvalue weighted by Gasteiger charge is -2.21. The third-order valence-electron chi connectivity index (χ3n) is 3.11. The van der Waals surface area contributed by atoms with Gasteiger partial charge >= 0.3 is 6.18 Å². The van der Waals surface area contributed by atoms with E-state index in [1.165, 1.54) is 42.5 Å². The largest absolute Gasteiger partial charge is 0.490 e. The Morgan fingerprint density at radius 2 is 2.08 bits per heavy atom. The van der Waals surface area contributed by atoms with Crippen LogP contribution in [0.2, 0.25) is 0 Å². The molecular formula is C15H15F3N2O4. The summed E-state index contributed by atoms with van der Waals surface area (Å²) in [5.41, 5.74) is -0.864. The van der Waals surface area contributed by atoms with E-state index in [1.54, 1.807) is 0 Å². The Labute approximate surface area is 135 Å². The number of carbonyl (C=O) groups excluding carboxylic acids is 1. The maximum Gasteiger partial charge on any atom is 0.419 e. The van der Waals surface area contributed by atoms with E-state index in [1.807, 2.05) is 0 Å². The van der Waals surface area contributed by atoms with E-state index in [2.05, 4.69) is 9.68 Å². The number of amides is 1. The monoisotopic (exact) mass is 344 g/mol. The van der Waals surface area contributed by atoms with E-state index < -0.39 is 30.4 Å². The molecule has 24 heavy (non-hydrogen) atoms. The minimum atomic E-state index is -4.55. The molecule has 0 aliphatic rings. The number of aliphatic hydroxyl groups excluding tert-OH is 1. The minimum Gasteiger partial charge on any atom is -0.490 e. The highest BCUT2D eigenvalue weighted by molar-refractivity contribution is 5.91. The van der Waals surface area contributed by atoms with Crippen LogP contribution >= 0.6 is 0 Å². The topological polar surface area (TPSA) is 75.8 Å². The van der Waals surface area contributed by atoms with Crippen molar-refractivity contribution >= 4 is 5.91 Å². The van der Waals surface area contributed by atoms with Gasteiger partial charge in [-0.1, -0.05) is 17.3 Å². The second-order valence-electron chi connectivity index (χ2n) is 5.03. The zero-order valence-corrected chi connectivity index (χ0v) is 12.7. The van der Waals surface area contributed by atoms with Gasteiger partial charge in [-0.25, -0.2) is 0 Å². The number of hydrogen-bond donors (Lipinski definition) is 1. The first-order valence-electron chi connectivity index (χ1n) is 6.92. The quantitative estimate of drug-likeness (QED) is 0.869. The summed E-state index contributed by atoms with van der Waals surface area (Å²) in [5.74, 6) is -0.868. The third-order valence-corrected chi connectivity index (χ3v) is 3.11. The molecule has 0 fully saturated rings. The van der Waals surface area contributed by atoms with Crippen LogP contribution in [0.3, 0.4) is 0 Å². The van der Waals surface area contributed by atoms with Gasteiger partial charge in [-0.2, -0.15) is 13.2 Å². The van der Waals surface area contributed by atoms with Crippen molar-refractivity contribution in [3.8, 4) is 5.75 Å². The maximum absolute atomic E-state index is 12.8. The lowest BCUT2D eigenvalue weighted by molar-refractivity contribution is -0.139. The molecule has 0 aliphatic carbocycles. The number of likely N-dealkylation sites (N-methyl/N-ethyl adjacent to an activating group) is 1. The zero-order chi connectivity index (χ0) is 17.7. The molecule has 1 atom stereocenters. The molecule has 1 amide bonds. The summed E-state index contributed by atoms with van der Waals surface area (Å²) in [6.07, 6.45) is -4.50. The van der Waals surface area contributed by atoms with Gasteiger partial charge in [0.25, 0.3) is 5.91 Å². The van der Waals surface area contributed by atoms with Gasteiger partial charge in [-0.3, -0.25) is 4.79 Å². The van der Waals surface area contributed by atoms with Crippen molar-refractivity contribution in [2.24, 2.45) is 0 Å². The van der Waals surface area contributed by atoms with E-state index in [4.69, 9.17) is 4.74 Å². The summed E-state index contributed by atoms with van der Waals surface area (Å²) in [6, 6.07) is 6.07. The molecule has 0 saturated carbocycles. The summed E-state index contributed by atoms with van der Waals surface area (Å²) in [4.78, 5) is 13.1. The van der Waals surface area contributed by atoms with Gasteiger partial charge in [0.2, 0.25) is 0 Å². The standard InChI is InChI=1S/C15H15F3N2O4/c1-20(14(22)12-6-7-24-19-12)8-10(21)9-23-13-5-3-2-4-11(13)15(16,17)18/h2-7,10,21H,8-9H2,1H3. The van der Waals surface area contributed by atoms with Gasteiger partial charge in [0, 0.05) is 19.7 Å². The van der Waals surface area contributed by atoms with Gasteiger partial charge in [0.05, 0.1) is 5.56 Å². The van der Waals surface area contributed by atoms with Crippen molar-refractivity contribution in [2.75, 3.05) is 20.2 Å². The SMILES string of the molecule is CN(CC(O)COc1ccccc1C(F)(F)F)C(=O)c1ccon1. The van der Waals surface area contributed by atoms with E-state index in [0.29, 0.717) is 0 Å². The minimum absolute atomic E-state index is 0.0630. The maximum atomic E-state index is 12.8. The highest BCUT2D eigenvalue weighted by atomic mass is 19.4. The van der Waals surface area contributed by atoms with Gasteiger partial charge in [-0.05, 0) is 12.1 Å². The Kier molecular flexibility index (Phi) is 5.45. The molecule has 0 saturated heterocycles. The van der Waals surface area contributed by atoms with Crippen LogP contribution in [-0.2, 0) is 6.18 Å². The predicted octanol–water partition coefficient (Wildman–Crippen LogP) is 2.21. The molecular weight excluding hydrogens is 329 g/mol. The molecule has 2 aromatic rings. The van der Waals surface area contributed by atoms with Gasteiger partial charge in [0.15, 0.2) is 5.69 Å². The van der Waals surface area contributed by atoms with Crippen LogP contribution in [0.25, 0.3) is 0 Å². The molecule has 1 N–H and O–H groups in total. The van der Waals surface area contributed by atoms with Crippen LogP contribution in [0.4, 0.5) is 13.2 Å². The number of hydrogen-bond acceptors (Lipinski definition) is 5. The number of nitrogens with zero attached hydrogens (tertiary/aromatic N) is 2. The molecule has 1 aromatic carbocycles. The molecule has 0 spiro atoms. The summed E-state index contributed by atoms with van der Waals surface area (Å²) in [5, 5.41) is 13.3. The van der Waals surface area contributed by atoms with Crippen LogP contribution in [0, 0.1) is 0 Å². The van der Waals surface area contributed by atoms with Crippen LogP contribution in [0.1, 0.15) is 16.1 Å². The number of ether oxygens (including phenoxy) is 1. The normalized spacial score (nSPS) is 12.7. The summed E-state index contributed by atoms with van der Waals surface area (Å²) < 4.78 is 48.1. The molecule has 0 aliphatic heterocycles. The van der Waals surface area contributed by atoms with Gasteiger partial charge < -0.3 is 19.3 Å². The number of para-hydroxylation sites is 1. The molecule has 2 rings (SSSR count). The molecule has 0 bridgehead atoms. The Bertz CT molecular complexity index is 674. The second-order valence-corrected chi connectivity index (χ2v) is 5.03. The Morgan fingerprint density at radius 1 is 1.38 bits per heavy atom. The molecule has 9 heteroatoms. The van der Waals surface area contributed by atoms with Crippen LogP contribution < -0.4 is 4.74 Å². The first kappa shape index (κ1) is 17.8. The fourth-order valence-corrected chi connectivity index (χ4v) is 1.98. The fourth-order valence-electron chi connectivity index (χ4n) is 1.98. The number of benzene rings is 1. The smallest absolute Gasteiger partial charge is 0.419 e. The number of rotatable bonds is 6. The number of halogens is 3. The average Bonchev–Trinajstić information content (AvgIpc) is 3.06. The summed E-state index contributed by atoms with van der Waals surface area (Å²) in [6.45, 7) is -0.538. The van der Waals surface area contributed by atoms with Crippen molar-refractivity contribution in [3.05, 3.63) is 47.9 Å². The van der Waals surface area contributed by atoms with Crippen molar-refractivity contribution < 1.29 is 32.3 Å². The van der Waals surface area contributed by atoms with E-state index >= 15 is 0 Å². The van der Waals surface area contributed by atoms with Crippen LogP contribution in [-0.4, -0.2) is 47.4 Å². The summed E-state index contributed by atoms with van der Waals surface area (Å²) >= 11 is 0. The van der Waals surface area contributed by atoms with E-state index in [9.17, 15) is 23.1 Å². The third kappa shape index (κ3) is 4.48. The number of aliphatic hydroxyl groups is 1.